The van der Waals surface area contributed by atoms with Crippen molar-refractivity contribution in [3.63, 3.8) is 0 Å². The van der Waals surface area contributed by atoms with Crippen LogP contribution in [0.5, 0.6) is 0 Å². The molecule has 0 spiro atoms. The third kappa shape index (κ3) is 2.27. The number of nitrogens with one attached hydrogen (secondary N) is 1. The number of ketones is 1. The number of hydrogen-bond donors (Lipinski definition) is 1. The zero-order chi connectivity index (χ0) is 11.5. The van der Waals surface area contributed by atoms with Crippen LogP contribution in [0.3, 0.4) is 0 Å². The Morgan fingerprint density at radius 3 is 2.81 bits per heavy atom. The lowest BCUT2D eigenvalue weighted by atomic mass is 9.96. The number of halogens is 2. The van der Waals surface area contributed by atoms with Gasteiger partial charge in [0.25, 0.3) is 0 Å². The monoisotopic (exact) mass is 225 g/mol. The number of Topliss-reactive ketones (excluding diaryl/α,β-unsaturated/α-hetero) is 1. The molecule has 1 aromatic carbocycles. The first-order valence-corrected chi connectivity index (χ1v) is 5.41. The lowest BCUT2D eigenvalue weighted by Gasteiger charge is -2.22. The summed E-state index contributed by atoms with van der Waals surface area (Å²) in [6.45, 7) is 0.757. The molecule has 1 saturated heterocycles. The van der Waals surface area contributed by atoms with E-state index >= 15 is 0 Å². The van der Waals surface area contributed by atoms with Gasteiger partial charge in [-0.25, -0.2) is 8.78 Å². The predicted molar refractivity (Wildman–Crippen MR) is 56.3 cm³/mol. The van der Waals surface area contributed by atoms with Crippen molar-refractivity contribution in [3.05, 3.63) is 35.4 Å². The van der Waals surface area contributed by atoms with Crippen LogP contribution >= 0.6 is 0 Å². The number of rotatable bonds is 2. The molecule has 2 nitrogen and oxygen atoms in total. The Bertz CT molecular complexity index is 400. The molecular weight excluding hydrogens is 212 g/mol. The Balaban J connectivity index is 2.22. The lowest BCUT2D eigenvalue weighted by molar-refractivity contribution is 0.0922. The molecule has 2 rings (SSSR count). The Morgan fingerprint density at radius 2 is 2.12 bits per heavy atom. The van der Waals surface area contributed by atoms with E-state index in [9.17, 15) is 13.6 Å². The van der Waals surface area contributed by atoms with Gasteiger partial charge < -0.3 is 5.32 Å². The van der Waals surface area contributed by atoms with Crippen LogP contribution in [-0.4, -0.2) is 18.4 Å². The Morgan fingerprint density at radius 1 is 1.31 bits per heavy atom. The molecule has 0 saturated carbocycles. The molecular formula is C12H13F2NO. The van der Waals surface area contributed by atoms with Crippen molar-refractivity contribution < 1.29 is 13.6 Å². The Hall–Kier alpha value is -1.29. The quantitative estimate of drug-likeness (QED) is 0.782. The Labute approximate surface area is 92.7 Å². The van der Waals surface area contributed by atoms with Gasteiger partial charge in [0.1, 0.15) is 11.6 Å². The van der Waals surface area contributed by atoms with Gasteiger partial charge in [0.2, 0.25) is 0 Å². The minimum absolute atomic E-state index is 0.153. The second kappa shape index (κ2) is 4.70. The molecule has 0 aromatic heterocycles. The predicted octanol–water partition coefficient (Wildman–Crippen LogP) is 2.29. The van der Waals surface area contributed by atoms with E-state index in [-0.39, 0.29) is 17.4 Å². The first-order chi connectivity index (χ1) is 7.68. The van der Waals surface area contributed by atoms with E-state index in [1.54, 1.807) is 0 Å². The molecule has 86 valence electrons. The molecule has 1 N–H and O–H groups in total. The summed E-state index contributed by atoms with van der Waals surface area (Å²) in [5, 5.41) is 3.03. The zero-order valence-electron chi connectivity index (χ0n) is 8.80. The molecule has 0 bridgehead atoms. The van der Waals surface area contributed by atoms with Crippen LogP contribution in [0, 0.1) is 11.6 Å². The van der Waals surface area contributed by atoms with Crippen molar-refractivity contribution in [2.24, 2.45) is 0 Å². The van der Waals surface area contributed by atoms with Gasteiger partial charge in [-0.05, 0) is 37.6 Å². The van der Waals surface area contributed by atoms with Crippen molar-refractivity contribution in [2.45, 2.75) is 25.3 Å². The molecule has 1 unspecified atom stereocenters. The molecule has 1 aliphatic rings. The fraction of sp³-hybridized carbons (Fsp3) is 0.417. The molecule has 4 heteroatoms. The maximum atomic E-state index is 13.4. The highest BCUT2D eigenvalue weighted by molar-refractivity contribution is 6.00. The smallest absolute Gasteiger partial charge is 0.182 e. The van der Waals surface area contributed by atoms with Crippen molar-refractivity contribution in [2.75, 3.05) is 6.54 Å². The van der Waals surface area contributed by atoms with Crippen LogP contribution in [0.15, 0.2) is 18.2 Å². The third-order valence-electron chi connectivity index (χ3n) is 2.82. The normalized spacial score (nSPS) is 20.8. The van der Waals surface area contributed by atoms with E-state index in [2.05, 4.69) is 5.32 Å². The van der Waals surface area contributed by atoms with E-state index in [1.807, 2.05) is 0 Å². The topological polar surface area (TPSA) is 29.1 Å². The molecule has 1 atom stereocenters. The molecule has 1 aliphatic heterocycles. The molecule has 1 heterocycles. The summed E-state index contributed by atoms with van der Waals surface area (Å²) >= 11 is 0. The molecule has 0 aliphatic carbocycles. The van der Waals surface area contributed by atoms with Crippen molar-refractivity contribution in [3.8, 4) is 0 Å². The largest absolute Gasteiger partial charge is 0.307 e. The summed E-state index contributed by atoms with van der Waals surface area (Å²) in [6.07, 6.45) is 2.66. The fourth-order valence-corrected chi connectivity index (χ4v) is 1.95. The number of carbonyl (C=O) groups is 1. The van der Waals surface area contributed by atoms with Gasteiger partial charge in [-0.15, -0.1) is 0 Å². The Kier molecular flexibility index (Phi) is 3.29. The van der Waals surface area contributed by atoms with Crippen LogP contribution in [0.25, 0.3) is 0 Å². The van der Waals surface area contributed by atoms with Gasteiger partial charge in [0.15, 0.2) is 5.78 Å². The van der Waals surface area contributed by atoms with Crippen LogP contribution in [0.1, 0.15) is 29.6 Å². The second-order valence-electron chi connectivity index (χ2n) is 3.99. The number of carbonyl (C=O) groups excluding carboxylic acids is 1. The second-order valence-corrected chi connectivity index (χ2v) is 3.99. The minimum atomic E-state index is -0.654. The average Bonchev–Trinajstić information content (AvgIpc) is 2.32. The highest BCUT2D eigenvalue weighted by Gasteiger charge is 2.24. The maximum absolute atomic E-state index is 13.4. The molecule has 0 amide bonds. The van der Waals surface area contributed by atoms with Crippen LogP contribution in [-0.2, 0) is 0 Å². The van der Waals surface area contributed by atoms with Gasteiger partial charge >= 0.3 is 0 Å². The van der Waals surface area contributed by atoms with Crippen LogP contribution in [0.2, 0.25) is 0 Å². The number of benzene rings is 1. The van der Waals surface area contributed by atoms with E-state index in [1.165, 1.54) is 0 Å². The molecule has 1 fully saturated rings. The first-order valence-electron chi connectivity index (χ1n) is 5.41. The van der Waals surface area contributed by atoms with E-state index < -0.39 is 11.6 Å². The van der Waals surface area contributed by atoms with Gasteiger partial charge in [0.05, 0.1) is 11.6 Å². The average molecular weight is 225 g/mol. The molecule has 16 heavy (non-hydrogen) atoms. The summed E-state index contributed by atoms with van der Waals surface area (Å²) in [7, 11) is 0. The number of hydrogen-bond acceptors (Lipinski definition) is 2. The third-order valence-corrected chi connectivity index (χ3v) is 2.82. The summed E-state index contributed by atoms with van der Waals surface area (Å²) in [5.74, 6) is -1.59. The summed E-state index contributed by atoms with van der Waals surface area (Å²) in [4.78, 5) is 11.9. The van der Waals surface area contributed by atoms with E-state index in [0.29, 0.717) is 6.42 Å². The van der Waals surface area contributed by atoms with Gasteiger partial charge in [0, 0.05) is 0 Å². The van der Waals surface area contributed by atoms with Crippen molar-refractivity contribution in [1.82, 2.24) is 5.32 Å². The first kappa shape index (κ1) is 11.2. The standard InChI is InChI=1S/C12H13F2NO/c13-8-4-5-10(14)9(7-8)12(16)11-3-1-2-6-15-11/h4-5,7,11,15H,1-3,6H2. The lowest BCUT2D eigenvalue weighted by Crippen LogP contribution is -2.40. The van der Waals surface area contributed by atoms with Gasteiger partial charge in [-0.2, -0.15) is 0 Å². The fourth-order valence-electron chi connectivity index (χ4n) is 1.95. The van der Waals surface area contributed by atoms with Gasteiger partial charge in [-0.1, -0.05) is 6.42 Å². The maximum Gasteiger partial charge on any atom is 0.182 e. The number of piperidine rings is 1. The van der Waals surface area contributed by atoms with E-state index in [0.717, 1.165) is 37.6 Å². The van der Waals surface area contributed by atoms with Gasteiger partial charge in [-0.3, -0.25) is 4.79 Å². The molecule has 0 radical (unpaired) electrons. The zero-order valence-corrected chi connectivity index (χ0v) is 8.80. The summed E-state index contributed by atoms with van der Waals surface area (Å²) < 4.78 is 26.3. The highest BCUT2D eigenvalue weighted by atomic mass is 19.1. The van der Waals surface area contributed by atoms with Crippen LogP contribution in [0.4, 0.5) is 8.78 Å². The molecule has 1 aromatic rings. The van der Waals surface area contributed by atoms with E-state index in [4.69, 9.17) is 0 Å². The minimum Gasteiger partial charge on any atom is -0.307 e. The van der Waals surface area contributed by atoms with Crippen molar-refractivity contribution >= 4 is 5.78 Å². The summed E-state index contributed by atoms with van der Waals surface area (Å²) in [6, 6.07) is 2.60. The summed E-state index contributed by atoms with van der Waals surface area (Å²) in [5.41, 5.74) is -0.153. The highest BCUT2D eigenvalue weighted by Crippen LogP contribution is 2.16. The van der Waals surface area contributed by atoms with Crippen LogP contribution < -0.4 is 5.32 Å². The van der Waals surface area contributed by atoms with Crippen molar-refractivity contribution in [1.29, 1.82) is 0 Å². The SMILES string of the molecule is O=C(c1cc(F)ccc1F)C1CCCCN1.